The second kappa shape index (κ2) is 6.07. The van der Waals surface area contributed by atoms with E-state index in [4.69, 9.17) is 0 Å². The van der Waals surface area contributed by atoms with E-state index >= 15 is 0 Å². The number of carbonyl (C=O) groups excluding carboxylic acids is 1. The number of hydrogen-bond donors (Lipinski definition) is 0. The topological polar surface area (TPSA) is 17.1 Å². The lowest BCUT2D eigenvalue weighted by atomic mass is 9.92. The van der Waals surface area contributed by atoms with Gasteiger partial charge in [0.2, 0.25) is 0 Å². The Morgan fingerprint density at radius 2 is 1.72 bits per heavy atom. The average molecular weight is 252 g/mol. The quantitative estimate of drug-likeness (QED) is 0.571. The molecule has 1 aliphatic carbocycles. The van der Waals surface area contributed by atoms with Gasteiger partial charge in [0.1, 0.15) is 0 Å². The molecule has 0 unspecified atom stereocenters. The molecule has 1 saturated carbocycles. The Balaban J connectivity index is 1.99. The lowest BCUT2D eigenvalue weighted by molar-refractivity contribution is 0.0956. The van der Waals surface area contributed by atoms with E-state index in [1.54, 1.807) is 0 Å². The third-order valence-corrected chi connectivity index (χ3v) is 3.69. The van der Waals surface area contributed by atoms with Crippen LogP contribution in [0.25, 0.3) is 0 Å². The molecule has 1 aromatic carbocycles. The maximum atomic E-state index is 13.1. The molecule has 0 heterocycles. The van der Waals surface area contributed by atoms with Gasteiger partial charge < -0.3 is 0 Å². The van der Waals surface area contributed by atoms with Gasteiger partial charge in [-0.2, -0.15) is 0 Å². The summed E-state index contributed by atoms with van der Waals surface area (Å²) in [7, 11) is 0. The van der Waals surface area contributed by atoms with Crippen LogP contribution < -0.4 is 0 Å². The number of benzene rings is 1. The Morgan fingerprint density at radius 3 is 2.33 bits per heavy atom. The summed E-state index contributed by atoms with van der Waals surface area (Å²) in [6, 6.07) is 3.40. The number of ketones is 1. The van der Waals surface area contributed by atoms with E-state index in [9.17, 15) is 13.6 Å². The van der Waals surface area contributed by atoms with Crippen molar-refractivity contribution in [1.82, 2.24) is 0 Å². The zero-order chi connectivity index (χ0) is 13.0. The molecule has 0 spiro atoms. The van der Waals surface area contributed by atoms with Crippen molar-refractivity contribution >= 4 is 5.78 Å². The maximum absolute atomic E-state index is 13.1. The van der Waals surface area contributed by atoms with Gasteiger partial charge in [0, 0.05) is 12.0 Å². The maximum Gasteiger partial charge on any atom is 0.163 e. The highest BCUT2D eigenvalue weighted by Crippen LogP contribution is 2.26. The minimum absolute atomic E-state index is 0.0687. The molecule has 1 aromatic rings. The predicted molar refractivity (Wildman–Crippen MR) is 66.5 cm³/mol. The fraction of sp³-hybridized carbons (Fsp3) is 0.533. The van der Waals surface area contributed by atoms with Gasteiger partial charge in [-0.25, -0.2) is 8.78 Å². The molecule has 0 N–H and O–H groups in total. The first-order chi connectivity index (χ1) is 8.66. The summed E-state index contributed by atoms with van der Waals surface area (Å²) in [4.78, 5) is 12.0. The molecule has 2 rings (SSSR count). The average Bonchev–Trinajstić information content (AvgIpc) is 2.61. The second-order valence-electron chi connectivity index (χ2n) is 5.11. The Morgan fingerprint density at radius 1 is 1.06 bits per heavy atom. The number of rotatable bonds is 3. The van der Waals surface area contributed by atoms with Crippen LogP contribution in [0.5, 0.6) is 0 Å². The molecule has 0 saturated heterocycles. The molecular weight excluding hydrogens is 234 g/mol. The first kappa shape index (κ1) is 13.2. The molecule has 0 aliphatic heterocycles. The molecule has 18 heavy (non-hydrogen) atoms. The van der Waals surface area contributed by atoms with Crippen molar-refractivity contribution in [3.05, 3.63) is 35.4 Å². The Bertz CT molecular complexity index is 421. The molecular formula is C15H18F2O. The third kappa shape index (κ3) is 3.37. The van der Waals surface area contributed by atoms with E-state index in [-0.39, 0.29) is 11.3 Å². The van der Waals surface area contributed by atoms with Gasteiger partial charge in [-0.3, -0.25) is 4.79 Å². The Labute approximate surface area is 106 Å². The van der Waals surface area contributed by atoms with Crippen LogP contribution in [-0.4, -0.2) is 5.78 Å². The summed E-state index contributed by atoms with van der Waals surface area (Å²) in [6.45, 7) is 0. The van der Waals surface area contributed by atoms with Gasteiger partial charge >= 0.3 is 0 Å². The molecule has 0 aromatic heterocycles. The Kier molecular flexibility index (Phi) is 4.45. The number of Topliss-reactive ketones (excluding diaryl/α,β-unsaturated/α-hetero) is 1. The molecule has 0 radical (unpaired) electrons. The van der Waals surface area contributed by atoms with Crippen LogP contribution in [-0.2, 0) is 0 Å². The SMILES string of the molecule is O=C(CC1CCCCCC1)c1ccc(F)c(F)c1. The van der Waals surface area contributed by atoms with Crippen molar-refractivity contribution in [3.63, 3.8) is 0 Å². The van der Waals surface area contributed by atoms with Crippen molar-refractivity contribution in [3.8, 4) is 0 Å². The lowest BCUT2D eigenvalue weighted by Gasteiger charge is -2.12. The van der Waals surface area contributed by atoms with Crippen LogP contribution in [0, 0.1) is 17.6 Å². The highest BCUT2D eigenvalue weighted by Gasteiger charge is 2.18. The van der Waals surface area contributed by atoms with Crippen LogP contribution >= 0.6 is 0 Å². The number of carbonyl (C=O) groups is 1. The van der Waals surface area contributed by atoms with Crippen molar-refractivity contribution in [2.24, 2.45) is 5.92 Å². The van der Waals surface area contributed by atoms with Crippen molar-refractivity contribution in [2.45, 2.75) is 44.9 Å². The number of hydrogen-bond acceptors (Lipinski definition) is 1. The molecule has 1 aliphatic rings. The van der Waals surface area contributed by atoms with Gasteiger partial charge in [0.15, 0.2) is 17.4 Å². The minimum atomic E-state index is -0.943. The van der Waals surface area contributed by atoms with Crippen LogP contribution in [0.15, 0.2) is 18.2 Å². The molecule has 1 fully saturated rings. The predicted octanol–water partition coefficient (Wildman–Crippen LogP) is 4.51. The fourth-order valence-corrected chi connectivity index (χ4v) is 2.62. The lowest BCUT2D eigenvalue weighted by Crippen LogP contribution is -2.09. The summed E-state index contributed by atoms with van der Waals surface area (Å²) in [5, 5.41) is 0. The molecule has 98 valence electrons. The van der Waals surface area contributed by atoms with Crippen molar-refractivity contribution in [2.75, 3.05) is 0 Å². The van der Waals surface area contributed by atoms with Crippen LogP contribution in [0.1, 0.15) is 55.3 Å². The van der Waals surface area contributed by atoms with Gasteiger partial charge in [0.25, 0.3) is 0 Å². The molecule has 0 amide bonds. The van der Waals surface area contributed by atoms with Crippen molar-refractivity contribution < 1.29 is 13.6 Å². The van der Waals surface area contributed by atoms with Crippen LogP contribution in [0.2, 0.25) is 0 Å². The summed E-state index contributed by atoms with van der Waals surface area (Å²) in [6.07, 6.45) is 7.47. The number of halogens is 2. The van der Waals surface area contributed by atoms with E-state index in [0.717, 1.165) is 25.0 Å². The largest absolute Gasteiger partial charge is 0.294 e. The summed E-state index contributed by atoms with van der Waals surface area (Å²) < 4.78 is 25.8. The highest BCUT2D eigenvalue weighted by atomic mass is 19.2. The molecule has 3 heteroatoms. The molecule has 0 atom stereocenters. The third-order valence-electron chi connectivity index (χ3n) is 3.69. The Hall–Kier alpha value is -1.25. The monoisotopic (exact) mass is 252 g/mol. The highest BCUT2D eigenvalue weighted by molar-refractivity contribution is 5.96. The first-order valence-electron chi connectivity index (χ1n) is 6.65. The zero-order valence-corrected chi connectivity index (χ0v) is 10.4. The van der Waals surface area contributed by atoms with Gasteiger partial charge in [-0.05, 0) is 24.1 Å². The van der Waals surface area contributed by atoms with E-state index in [1.807, 2.05) is 0 Å². The molecule has 0 bridgehead atoms. The van der Waals surface area contributed by atoms with E-state index < -0.39 is 11.6 Å². The second-order valence-corrected chi connectivity index (χ2v) is 5.11. The summed E-state index contributed by atoms with van der Waals surface area (Å²) in [5.41, 5.74) is 0.290. The normalized spacial score (nSPS) is 17.4. The van der Waals surface area contributed by atoms with Crippen molar-refractivity contribution in [1.29, 1.82) is 0 Å². The van der Waals surface area contributed by atoms with Gasteiger partial charge in [0.05, 0.1) is 0 Å². The van der Waals surface area contributed by atoms with Gasteiger partial charge in [-0.1, -0.05) is 38.5 Å². The fourth-order valence-electron chi connectivity index (χ4n) is 2.62. The summed E-state index contributed by atoms with van der Waals surface area (Å²) in [5.74, 6) is -1.50. The summed E-state index contributed by atoms with van der Waals surface area (Å²) >= 11 is 0. The van der Waals surface area contributed by atoms with Gasteiger partial charge in [-0.15, -0.1) is 0 Å². The minimum Gasteiger partial charge on any atom is -0.294 e. The van der Waals surface area contributed by atoms with E-state index in [2.05, 4.69) is 0 Å². The zero-order valence-electron chi connectivity index (χ0n) is 10.4. The van der Waals surface area contributed by atoms with Crippen LogP contribution in [0.3, 0.4) is 0 Å². The van der Waals surface area contributed by atoms with E-state index in [1.165, 1.54) is 31.7 Å². The van der Waals surface area contributed by atoms with E-state index in [0.29, 0.717) is 12.3 Å². The molecule has 1 nitrogen and oxygen atoms in total. The van der Waals surface area contributed by atoms with Crippen LogP contribution in [0.4, 0.5) is 8.78 Å². The standard InChI is InChI=1S/C15H18F2O/c16-13-8-7-12(10-14(13)17)15(18)9-11-5-3-1-2-4-6-11/h7-8,10-11H,1-6,9H2. The smallest absolute Gasteiger partial charge is 0.163 e. The first-order valence-corrected chi connectivity index (χ1v) is 6.65.